The Morgan fingerprint density at radius 2 is 1.95 bits per heavy atom. The smallest absolute Gasteiger partial charge is 0.303 e. The number of aryl methyl sites for hydroxylation is 1. The van der Waals surface area contributed by atoms with Gasteiger partial charge in [-0.05, 0) is 11.6 Å². The normalized spacial score (nSPS) is 10.8. The van der Waals surface area contributed by atoms with Crippen LogP contribution in [0.15, 0.2) is 54.9 Å². The average molecular weight is 266 g/mol. The van der Waals surface area contributed by atoms with Gasteiger partial charge in [-0.2, -0.15) is 0 Å². The van der Waals surface area contributed by atoms with Crippen molar-refractivity contribution in [3.05, 3.63) is 60.7 Å². The van der Waals surface area contributed by atoms with E-state index in [2.05, 4.69) is 17.1 Å². The van der Waals surface area contributed by atoms with Gasteiger partial charge >= 0.3 is 5.97 Å². The lowest BCUT2D eigenvalue weighted by atomic mass is 10.1. The Hall–Kier alpha value is -2.62. The summed E-state index contributed by atoms with van der Waals surface area (Å²) >= 11 is 0. The number of carboxylic acid groups (broad SMARTS) is 1. The predicted octanol–water partition coefficient (Wildman–Crippen LogP) is 3.02. The highest BCUT2D eigenvalue weighted by Gasteiger charge is 2.09. The van der Waals surface area contributed by atoms with Crippen LogP contribution in [0.3, 0.4) is 0 Å². The van der Waals surface area contributed by atoms with Crippen molar-refractivity contribution >= 4 is 11.5 Å². The van der Waals surface area contributed by atoms with Crippen LogP contribution in [0.1, 0.15) is 12.2 Å². The third-order valence-electron chi connectivity index (χ3n) is 3.29. The summed E-state index contributed by atoms with van der Waals surface area (Å²) in [7, 11) is 0. The van der Waals surface area contributed by atoms with E-state index in [9.17, 15) is 4.79 Å². The molecule has 0 saturated carbocycles. The summed E-state index contributed by atoms with van der Waals surface area (Å²) < 4.78 is 1.96. The maximum absolute atomic E-state index is 10.7. The highest BCUT2D eigenvalue weighted by Crippen LogP contribution is 2.25. The molecule has 1 aromatic carbocycles. The van der Waals surface area contributed by atoms with E-state index < -0.39 is 5.97 Å². The number of rotatable bonds is 4. The van der Waals surface area contributed by atoms with Crippen LogP contribution in [-0.2, 0) is 11.2 Å². The first kappa shape index (κ1) is 12.4. The first-order valence-electron chi connectivity index (χ1n) is 6.48. The summed E-state index contributed by atoms with van der Waals surface area (Å²) in [4.78, 5) is 15.0. The molecule has 0 aliphatic carbocycles. The van der Waals surface area contributed by atoms with Gasteiger partial charge in [0, 0.05) is 18.2 Å². The molecular formula is C16H14N2O2. The quantitative estimate of drug-likeness (QED) is 0.789. The van der Waals surface area contributed by atoms with E-state index in [-0.39, 0.29) is 6.42 Å². The summed E-state index contributed by atoms with van der Waals surface area (Å²) in [5.74, 6) is -0.0267. The second-order valence-corrected chi connectivity index (χ2v) is 4.61. The first-order valence-corrected chi connectivity index (χ1v) is 6.48. The van der Waals surface area contributed by atoms with Crippen LogP contribution in [-0.4, -0.2) is 20.5 Å². The fourth-order valence-corrected chi connectivity index (χ4v) is 2.34. The van der Waals surface area contributed by atoms with Crippen LogP contribution in [0.5, 0.6) is 0 Å². The van der Waals surface area contributed by atoms with Gasteiger partial charge in [-0.25, -0.2) is 4.98 Å². The molecule has 0 unspecified atom stereocenters. The number of imidazole rings is 1. The van der Waals surface area contributed by atoms with Gasteiger partial charge in [0.25, 0.3) is 0 Å². The van der Waals surface area contributed by atoms with Gasteiger partial charge < -0.3 is 9.51 Å². The second kappa shape index (κ2) is 5.17. The number of fused-ring (bicyclic) bond motifs is 1. The van der Waals surface area contributed by atoms with Gasteiger partial charge in [-0.15, -0.1) is 0 Å². The zero-order chi connectivity index (χ0) is 13.9. The first-order chi connectivity index (χ1) is 9.75. The molecule has 0 amide bonds. The van der Waals surface area contributed by atoms with Crippen molar-refractivity contribution in [2.45, 2.75) is 12.8 Å². The Morgan fingerprint density at radius 3 is 2.70 bits per heavy atom. The monoisotopic (exact) mass is 266 g/mol. The van der Waals surface area contributed by atoms with Crippen molar-refractivity contribution in [1.29, 1.82) is 0 Å². The van der Waals surface area contributed by atoms with Gasteiger partial charge in [0.1, 0.15) is 5.82 Å². The number of carboxylic acids is 1. The molecule has 4 nitrogen and oxygen atoms in total. The minimum Gasteiger partial charge on any atom is -0.481 e. The molecule has 0 aliphatic heterocycles. The Kier molecular flexibility index (Phi) is 3.21. The van der Waals surface area contributed by atoms with E-state index in [1.54, 1.807) is 6.20 Å². The van der Waals surface area contributed by atoms with Gasteiger partial charge in [-0.1, -0.05) is 36.4 Å². The molecular weight excluding hydrogens is 252 g/mol. The van der Waals surface area contributed by atoms with Crippen LogP contribution in [0.25, 0.3) is 16.6 Å². The van der Waals surface area contributed by atoms with Crippen LogP contribution in [0.2, 0.25) is 0 Å². The van der Waals surface area contributed by atoms with Gasteiger partial charge in [0.15, 0.2) is 0 Å². The average Bonchev–Trinajstić information content (AvgIpc) is 2.89. The lowest BCUT2D eigenvalue weighted by molar-refractivity contribution is -0.137. The molecule has 0 saturated heterocycles. The number of pyridine rings is 1. The fraction of sp³-hybridized carbons (Fsp3) is 0.125. The Labute approximate surface area is 116 Å². The molecule has 0 aliphatic rings. The highest BCUT2D eigenvalue weighted by molar-refractivity contribution is 5.80. The molecule has 0 bridgehead atoms. The van der Waals surface area contributed by atoms with Gasteiger partial charge in [0.2, 0.25) is 0 Å². The molecule has 2 aromatic heterocycles. The predicted molar refractivity (Wildman–Crippen MR) is 76.6 cm³/mol. The van der Waals surface area contributed by atoms with Gasteiger partial charge in [-0.3, -0.25) is 4.79 Å². The van der Waals surface area contributed by atoms with E-state index in [0.717, 1.165) is 22.5 Å². The molecule has 3 aromatic rings. The van der Waals surface area contributed by atoms with Crippen molar-refractivity contribution in [2.75, 3.05) is 0 Å². The van der Waals surface area contributed by atoms with Crippen LogP contribution in [0, 0.1) is 0 Å². The fourth-order valence-electron chi connectivity index (χ4n) is 2.34. The van der Waals surface area contributed by atoms with Crippen LogP contribution < -0.4 is 0 Å². The molecule has 100 valence electrons. The van der Waals surface area contributed by atoms with Gasteiger partial charge in [0.05, 0.1) is 18.1 Å². The van der Waals surface area contributed by atoms with Crippen molar-refractivity contribution < 1.29 is 9.90 Å². The van der Waals surface area contributed by atoms with Crippen molar-refractivity contribution in [3.8, 4) is 11.1 Å². The molecule has 0 atom stereocenters. The van der Waals surface area contributed by atoms with Crippen LogP contribution in [0.4, 0.5) is 0 Å². The maximum atomic E-state index is 10.7. The van der Waals surface area contributed by atoms with E-state index in [0.29, 0.717) is 6.42 Å². The lowest BCUT2D eigenvalue weighted by Crippen LogP contribution is -2.01. The maximum Gasteiger partial charge on any atom is 0.303 e. The third-order valence-corrected chi connectivity index (χ3v) is 3.29. The Balaban J connectivity index is 2.06. The number of nitrogens with zero attached hydrogens (tertiary/aromatic N) is 2. The number of aromatic nitrogens is 2. The molecule has 1 N–H and O–H groups in total. The van der Waals surface area contributed by atoms with Crippen molar-refractivity contribution in [2.24, 2.45) is 0 Å². The minimum absolute atomic E-state index is 0.0919. The molecule has 0 spiro atoms. The number of aliphatic carboxylic acids is 1. The summed E-state index contributed by atoms with van der Waals surface area (Å²) in [5.41, 5.74) is 3.23. The van der Waals surface area contributed by atoms with E-state index in [4.69, 9.17) is 5.11 Å². The summed E-state index contributed by atoms with van der Waals surface area (Å²) in [6.07, 6.45) is 4.25. The third kappa shape index (κ3) is 2.28. The SMILES string of the molecule is O=C(O)CCc1ncc2c(-c3ccccc3)cccn12. The second-order valence-electron chi connectivity index (χ2n) is 4.61. The molecule has 20 heavy (non-hydrogen) atoms. The topological polar surface area (TPSA) is 54.6 Å². The zero-order valence-electron chi connectivity index (χ0n) is 10.9. The molecule has 2 heterocycles. The summed E-state index contributed by atoms with van der Waals surface area (Å²) in [5, 5.41) is 8.78. The molecule has 0 fully saturated rings. The lowest BCUT2D eigenvalue weighted by Gasteiger charge is -2.05. The molecule has 0 radical (unpaired) electrons. The number of hydrogen-bond donors (Lipinski definition) is 1. The largest absolute Gasteiger partial charge is 0.481 e. The Bertz CT molecular complexity index is 748. The van der Waals surface area contributed by atoms with Crippen molar-refractivity contribution in [1.82, 2.24) is 9.38 Å². The number of benzene rings is 1. The molecule has 4 heteroatoms. The van der Waals surface area contributed by atoms with Crippen LogP contribution >= 0.6 is 0 Å². The minimum atomic E-state index is -0.805. The Morgan fingerprint density at radius 1 is 1.15 bits per heavy atom. The van der Waals surface area contributed by atoms with E-state index in [1.165, 1.54) is 0 Å². The van der Waals surface area contributed by atoms with E-state index >= 15 is 0 Å². The summed E-state index contributed by atoms with van der Waals surface area (Å²) in [6.45, 7) is 0. The molecule has 3 rings (SSSR count). The summed E-state index contributed by atoms with van der Waals surface area (Å²) in [6, 6.07) is 14.1. The highest BCUT2D eigenvalue weighted by atomic mass is 16.4. The number of carbonyl (C=O) groups is 1. The van der Waals surface area contributed by atoms with E-state index in [1.807, 2.05) is 40.9 Å². The standard InChI is InChI=1S/C16H14N2O2/c19-16(20)9-8-15-17-11-14-13(7-4-10-18(14)15)12-5-2-1-3-6-12/h1-7,10-11H,8-9H2,(H,19,20). The zero-order valence-corrected chi connectivity index (χ0v) is 10.9. The van der Waals surface area contributed by atoms with Crippen molar-refractivity contribution in [3.63, 3.8) is 0 Å². The number of hydrogen-bond acceptors (Lipinski definition) is 2.